The summed E-state index contributed by atoms with van der Waals surface area (Å²) >= 11 is 0. The van der Waals surface area contributed by atoms with E-state index in [1.54, 1.807) is 0 Å². The molecule has 1 aliphatic rings. The van der Waals surface area contributed by atoms with Crippen LogP contribution in [0.5, 0.6) is 0 Å². The van der Waals surface area contributed by atoms with Crippen LogP contribution in [0.25, 0.3) is 0 Å². The Morgan fingerprint density at radius 3 is 2.60 bits per heavy atom. The average molecular weight is 348 g/mol. The molecule has 0 bridgehead atoms. The SMILES string of the molecule is CCCCC(CC)COC(=O)Nc1ccc(CN2CCOCC2)cc1. The molecule has 1 saturated heterocycles. The number of unbranched alkanes of at least 4 members (excludes halogenated alkanes) is 1. The summed E-state index contributed by atoms with van der Waals surface area (Å²) in [5.74, 6) is 0.460. The Balaban J connectivity index is 1.73. The zero-order valence-corrected chi connectivity index (χ0v) is 15.6. The summed E-state index contributed by atoms with van der Waals surface area (Å²) in [5.41, 5.74) is 2.02. The summed E-state index contributed by atoms with van der Waals surface area (Å²) in [4.78, 5) is 14.3. The summed E-state index contributed by atoms with van der Waals surface area (Å²) in [6.45, 7) is 9.32. The Labute approximate surface area is 151 Å². The van der Waals surface area contributed by atoms with Crippen molar-refractivity contribution in [1.29, 1.82) is 0 Å². The Morgan fingerprint density at radius 2 is 1.96 bits per heavy atom. The van der Waals surface area contributed by atoms with Crippen molar-refractivity contribution in [2.45, 2.75) is 46.1 Å². The van der Waals surface area contributed by atoms with E-state index >= 15 is 0 Å². The number of nitrogens with one attached hydrogen (secondary N) is 1. The molecular weight excluding hydrogens is 316 g/mol. The van der Waals surface area contributed by atoms with E-state index in [1.165, 1.54) is 18.4 Å². The largest absolute Gasteiger partial charge is 0.449 e. The van der Waals surface area contributed by atoms with E-state index in [2.05, 4.69) is 36.2 Å². The highest BCUT2D eigenvalue weighted by atomic mass is 16.5. The van der Waals surface area contributed by atoms with Crippen LogP contribution in [0.1, 0.15) is 45.1 Å². The third kappa shape index (κ3) is 7.45. The number of hydrogen-bond acceptors (Lipinski definition) is 4. The van der Waals surface area contributed by atoms with Crippen LogP contribution >= 0.6 is 0 Å². The number of carbonyl (C=O) groups is 1. The van der Waals surface area contributed by atoms with Gasteiger partial charge < -0.3 is 9.47 Å². The van der Waals surface area contributed by atoms with Crippen molar-refractivity contribution < 1.29 is 14.3 Å². The molecule has 1 fully saturated rings. The molecule has 0 radical (unpaired) electrons. The Morgan fingerprint density at radius 1 is 1.24 bits per heavy atom. The number of nitrogens with zero attached hydrogens (tertiary/aromatic N) is 1. The van der Waals surface area contributed by atoms with E-state index in [0.717, 1.165) is 51.4 Å². The summed E-state index contributed by atoms with van der Waals surface area (Å²) in [6, 6.07) is 7.99. The smallest absolute Gasteiger partial charge is 0.411 e. The van der Waals surface area contributed by atoms with Crippen molar-refractivity contribution in [3.05, 3.63) is 29.8 Å². The quantitative estimate of drug-likeness (QED) is 0.723. The van der Waals surface area contributed by atoms with E-state index < -0.39 is 0 Å². The first-order valence-corrected chi connectivity index (χ1v) is 9.54. The zero-order valence-electron chi connectivity index (χ0n) is 15.6. The van der Waals surface area contributed by atoms with Gasteiger partial charge in [0.25, 0.3) is 0 Å². The first kappa shape index (κ1) is 19.7. The molecule has 5 nitrogen and oxygen atoms in total. The van der Waals surface area contributed by atoms with Gasteiger partial charge in [0.15, 0.2) is 0 Å². The molecule has 0 spiro atoms. The molecular formula is C20H32N2O3. The molecule has 0 aromatic heterocycles. The fourth-order valence-corrected chi connectivity index (χ4v) is 2.96. The molecule has 1 atom stereocenters. The van der Waals surface area contributed by atoms with Gasteiger partial charge in [-0.2, -0.15) is 0 Å². The van der Waals surface area contributed by atoms with E-state index in [0.29, 0.717) is 12.5 Å². The van der Waals surface area contributed by atoms with Gasteiger partial charge in [-0.3, -0.25) is 10.2 Å². The van der Waals surface area contributed by atoms with Crippen LogP contribution in [0.3, 0.4) is 0 Å². The van der Waals surface area contributed by atoms with Crippen LogP contribution in [0.2, 0.25) is 0 Å². The molecule has 1 heterocycles. The normalized spacial score (nSPS) is 16.4. The minimum Gasteiger partial charge on any atom is -0.449 e. The minimum absolute atomic E-state index is 0.365. The zero-order chi connectivity index (χ0) is 17.9. The van der Waals surface area contributed by atoms with Gasteiger partial charge in [0.05, 0.1) is 19.8 Å². The van der Waals surface area contributed by atoms with E-state index in [4.69, 9.17) is 9.47 Å². The van der Waals surface area contributed by atoms with Crippen LogP contribution in [0.15, 0.2) is 24.3 Å². The van der Waals surface area contributed by atoms with Crippen molar-refractivity contribution >= 4 is 11.8 Å². The molecule has 1 N–H and O–H groups in total. The fourth-order valence-electron chi connectivity index (χ4n) is 2.96. The summed E-state index contributed by atoms with van der Waals surface area (Å²) in [5, 5.41) is 2.81. The predicted octanol–water partition coefficient (Wildman–Crippen LogP) is 4.28. The van der Waals surface area contributed by atoms with Crippen molar-refractivity contribution in [2.24, 2.45) is 5.92 Å². The average Bonchev–Trinajstić information content (AvgIpc) is 2.64. The lowest BCUT2D eigenvalue weighted by Crippen LogP contribution is -2.35. The first-order valence-electron chi connectivity index (χ1n) is 9.54. The van der Waals surface area contributed by atoms with Crippen LogP contribution in [-0.4, -0.2) is 43.9 Å². The van der Waals surface area contributed by atoms with E-state index in [-0.39, 0.29) is 6.09 Å². The molecule has 140 valence electrons. The lowest BCUT2D eigenvalue weighted by atomic mass is 10.0. The van der Waals surface area contributed by atoms with Gasteiger partial charge >= 0.3 is 6.09 Å². The molecule has 25 heavy (non-hydrogen) atoms. The maximum absolute atomic E-state index is 12.0. The molecule has 1 unspecified atom stereocenters. The second-order valence-electron chi connectivity index (χ2n) is 6.73. The third-order valence-electron chi connectivity index (χ3n) is 4.70. The third-order valence-corrected chi connectivity index (χ3v) is 4.70. The number of benzene rings is 1. The number of amides is 1. The van der Waals surface area contributed by atoms with E-state index in [9.17, 15) is 4.79 Å². The highest BCUT2D eigenvalue weighted by molar-refractivity contribution is 5.84. The highest BCUT2D eigenvalue weighted by Crippen LogP contribution is 2.15. The number of rotatable bonds is 9. The Hall–Kier alpha value is -1.59. The van der Waals surface area contributed by atoms with E-state index in [1.807, 2.05) is 12.1 Å². The molecule has 2 rings (SSSR count). The van der Waals surface area contributed by atoms with Gasteiger partial charge in [0, 0.05) is 25.3 Å². The standard InChI is InChI=1S/C20H32N2O3/c1-3-5-6-17(4-2)16-25-20(23)21-19-9-7-18(8-10-19)15-22-11-13-24-14-12-22/h7-10,17H,3-6,11-16H2,1-2H3,(H,21,23). The molecule has 1 amide bonds. The number of anilines is 1. The molecule has 1 aromatic rings. The summed E-state index contributed by atoms with van der Waals surface area (Å²) < 4.78 is 10.7. The van der Waals surface area contributed by atoms with Gasteiger partial charge in [-0.25, -0.2) is 4.79 Å². The van der Waals surface area contributed by atoms with Gasteiger partial charge in [0.1, 0.15) is 0 Å². The second kappa shape index (κ2) is 11.1. The van der Waals surface area contributed by atoms with Crippen molar-refractivity contribution in [3.63, 3.8) is 0 Å². The van der Waals surface area contributed by atoms with Gasteiger partial charge in [0.2, 0.25) is 0 Å². The van der Waals surface area contributed by atoms with Crippen molar-refractivity contribution in [2.75, 3.05) is 38.2 Å². The lowest BCUT2D eigenvalue weighted by Gasteiger charge is -2.26. The molecule has 1 aliphatic heterocycles. The molecule has 1 aromatic carbocycles. The maximum Gasteiger partial charge on any atom is 0.411 e. The summed E-state index contributed by atoms with van der Waals surface area (Å²) in [6.07, 6.45) is 4.17. The lowest BCUT2D eigenvalue weighted by molar-refractivity contribution is 0.0342. The molecule has 0 saturated carbocycles. The van der Waals surface area contributed by atoms with Gasteiger partial charge in [-0.05, 0) is 30.0 Å². The topological polar surface area (TPSA) is 50.8 Å². The number of morpholine rings is 1. The molecule has 5 heteroatoms. The minimum atomic E-state index is -0.365. The van der Waals surface area contributed by atoms with Crippen LogP contribution in [0, 0.1) is 5.92 Å². The van der Waals surface area contributed by atoms with Crippen molar-refractivity contribution in [1.82, 2.24) is 4.90 Å². The van der Waals surface area contributed by atoms with Crippen LogP contribution in [-0.2, 0) is 16.0 Å². The monoisotopic (exact) mass is 348 g/mol. The van der Waals surface area contributed by atoms with Gasteiger partial charge in [-0.15, -0.1) is 0 Å². The van der Waals surface area contributed by atoms with Crippen molar-refractivity contribution in [3.8, 4) is 0 Å². The number of ether oxygens (including phenoxy) is 2. The van der Waals surface area contributed by atoms with Gasteiger partial charge in [-0.1, -0.05) is 45.2 Å². The van der Waals surface area contributed by atoms with Crippen LogP contribution < -0.4 is 5.32 Å². The fraction of sp³-hybridized carbons (Fsp3) is 0.650. The number of hydrogen-bond donors (Lipinski definition) is 1. The highest BCUT2D eigenvalue weighted by Gasteiger charge is 2.12. The van der Waals surface area contributed by atoms with Crippen LogP contribution in [0.4, 0.5) is 10.5 Å². The molecule has 0 aliphatic carbocycles. The number of carbonyl (C=O) groups excluding carboxylic acids is 1. The maximum atomic E-state index is 12.0. The predicted molar refractivity (Wildman–Crippen MR) is 101 cm³/mol. The Bertz CT molecular complexity index is 498. The summed E-state index contributed by atoms with van der Waals surface area (Å²) in [7, 11) is 0. The Kier molecular flexibility index (Phi) is 8.77. The first-order chi connectivity index (χ1) is 12.2. The second-order valence-corrected chi connectivity index (χ2v) is 6.73.